The fourth-order valence-corrected chi connectivity index (χ4v) is 4.15. The van der Waals surface area contributed by atoms with Gasteiger partial charge in [0, 0.05) is 25.7 Å². The highest BCUT2D eigenvalue weighted by Gasteiger charge is 2.42. The lowest BCUT2D eigenvalue weighted by Crippen LogP contribution is -2.56. The van der Waals surface area contributed by atoms with Crippen molar-refractivity contribution in [2.45, 2.75) is 63.5 Å². The van der Waals surface area contributed by atoms with Gasteiger partial charge in [-0.15, -0.1) is 0 Å². The van der Waals surface area contributed by atoms with Crippen LogP contribution in [-0.4, -0.2) is 53.9 Å². The molecule has 1 saturated heterocycles. The lowest BCUT2D eigenvalue weighted by Gasteiger charge is -2.29. The van der Waals surface area contributed by atoms with Crippen LogP contribution in [0.5, 0.6) is 0 Å². The Hall–Kier alpha value is -0.810. The standard InChI is InChI=1S/C17H31N3O2/c1-17(12-21,14-6-7-14)19-16(22)18-15-8-9-20(11-15)10-13-4-2-3-5-13/h13-15,21H,2-12H2,1H3,(H2,18,19,22). The van der Waals surface area contributed by atoms with Crippen molar-refractivity contribution in [3.63, 3.8) is 0 Å². The third kappa shape index (κ3) is 3.93. The van der Waals surface area contributed by atoms with Gasteiger partial charge in [-0.25, -0.2) is 4.79 Å². The van der Waals surface area contributed by atoms with E-state index in [9.17, 15) is 9.90 Å². The highest BCUT2D eigenvalue weighted by Crippen LogP contribution is 2.39. The maximum atomic E-state index is 12.2. The van der Waals surface area contributed by atoms with Crippen molar-refractivity contribution < 1.29 is 9.90 Å². The van der Waals surface area contributed by atoms with Crippen molar-refractivity contribution in [2.75, 3.05) is 26.2 Å². The van der Waals surface area contributed by atoms with E-state index < -0.39 is 5.54 Å². The summed E-state index contributed by atoms with van der Waals surface area (Å²) in [6.45, 7) is 5.25. The lowest BCUT2D eigenvalue weighted by atomic mass is 9.97. The second kappa shape index (κ2) is 6.75. The summed E-state index contributed by atoms with van der Waals surface area (Å²) in [5, 5.41) is 15.7. The van der Waals surface area contributed by atoms with Gasteiger partial charge in [0.15, 0.2) is 0 Å². The second-order valence-electron chi connectivity index (χ2n) is 7.84. The highest BCUT2D eigenvalue weighted by atomic mass is 16.3. The van der Waals surface area contributed by atoms with E-state index >= 15 is 0 Å². The van der Waals surface area contributed by atoms with Crippen LogP contribution in [0.1, 0.15) is 51.9 Å². The van der Waals surface area contributed by atoms with Crippen molar-refractivity contribution in [2.24, 2.45) is 11.8 Å². The minimum atomic E-state index is -0.452. The van der Waals surface area contributed by atoms with Crippen molar-refractivity contribution in [3.05, 3.63) is 0 Å². The minimum absolute atomic E-state index is 0.0174. The first-order valence-corrected chi connectivity index (χ1v) is 9.01. The van der Waals surface area contributed by atoms with Gasteiger partial charge < -0.3 is 20.6 Å². The molecule has 3 fully saturated rings. The SMILES string of the molecule is CC(CO)(NC(=O)NC1CCN(CC2CCCC2)C1)C1CC1. The molecule has 0 aromatic carbocycles. The molecular formula is C17H31N3O2. The summed E-state index contributed by atoms with van der Waals surface area (Å²) in [4.78, 5) is 14.7. The fourth-order valence-electron chi connectivity index (χ4n) is 4.15. The molecule has 0 aromatic rings. The molecule has 1 heterocycles. The molecule has 1 aliphatic heterocycles. The quantitative estimate of drug-likeness (QED) is 0.700. The molecule has 126 valence electrons. The van der Waals surface area contributed by atoms with Crippen LogP contribution in [0, 0.1) is 11.8 Å². The predicted octanol–water partition coefficient (Wildman–Crippen LogP) is 1.71. The van der Waals surface area contributed by atoms with Gasteiger partial charge in [-0.05, 0) is 50.9 Å². The largest absolute Gasteiger partial charge is 0.394 e. The zero-order valence-electron chi connectivity index (χ0n) is 13.8. The number of hydrogen-bond acceptors (Lipinski definition) is 3. The van der Waals surface area contributed by atoms with E-state index in [1.807, 2.05) is 6.92 Å². The van der Waals surface area contributed by atoms with E-state index in [0.29, 0.717) is 5.92 Å². The number of hydrogen-bond donors (Lipinski definition) is 3. The van der Waals surface area contributed by atoms with Gasteiger partial charge in [0.25, 0.3) is 0 Å². The maximum absolute atomic E-state index is 12.2. The summed E-state index contributed by atoms with van der Waals surface area (Å²) in [5.74, 6) is 1.31. The van der Waals surface area contributed by atoms with Crippen molar-refractivity contribution >= 4 is 6.03 Å². The molecule has 2 amide bonds. The van der Waals surface area contributed by atoms with Crippen LogP contribution in [0.3, 0.4) is 0 Å². The average molecular weight is 309 g/mol. The van der Waals surface area contributed by atoms with Crippen LogP contribution in [0.15, 0.2) is 0 Å². The van der Waals surface area contributed by atoms with Crippen LogP contribution in [-0.2, 0) is 0 Å². The molecule has 0 aromatic heterocycles. The number of aliphatic hydroxyl groups excluding tert-OH is 1. The molecule has 2 saturated carbocycles. The van der Waals surface area contributed by atoms with Crippen LogP contribution in [0.4, 0.5) is 4.79 Å². The molecule has 0 radical (unpaired) electrons. The van der Waals surface area contributed by atoms with E-state index in [4.69, 9.17) is 0 Å². The molecule has 3 N–H and O–H groups in total. The molecule has 0 spiro atoms. The fraction of sp³-hybridized carbons (Fsp3) is 0.941. The van der Waals surface area contributed by atoms with E-state index in [1.165, 1.54) is 32.2 Å². The Balaban J connectivity index is 1.40. The minimum Gasteiger partial charge on any atom is -0.394 e. The molecule has 3 rings (SSSR count). The Morgan fingerprint density at radius 3 is 2.59 bits per heavy atom. The number of rotatable bonds is 6. The predicted molar refractivity (Wildman–Crippen MR) is 86.7 cm³/mol. The van der Waals surface area contributed by atoms with Gasteiger partial charge in [-0.1, -0.05) is 12.8 Å². The number of amides is 2. The van der Waals surface area contributed by atoms with Crippen molar-refractivity contribution in [1.29, 1.82) is 0 Å². The monoisotopic (exact) mass is 309 g/mol. The summed E-state index contributed by atoms with van der Waals surface area (Å²) in [6, 6.07) is 0.139. The summed E-state index contributed by atoms with van der Waals surface area (Å²) in [6.07, 6.45) is 8.80. The second-order valence-corrected chi connectivity index (χ2v) is 7.84. The topological polar surface area (TPSA) is 64.6 Å². The Bertz CT molecular complexity index is 393. The molecular weight excluding hydrogens is 278 g/mol. The van der Waals surface area contributed by atoms with E-state index in [0.717, 1.165) is 38.3 Å². The molecule has 0 bridgehead atoms. The third-order valence-electron chi connectivity index (χ3n) is 5.80. The van der Waals surface area contributed by atoms with Gasteiger partial charge in [-0.2, -0.15) is 0 Å². The van der Waals surface area contributed by atoms with Gasteiger partial charge in [0.2, 0.25) is 0 Å². The first kappa shape index (κ1) is 16.1. The van der Waals surface area contributed by atoms with Crippen LogP contribution in [0.2, 0.25) is 0 Å². The molecule has 2 aliphatic carbocycles. The average Bonchev–Trinajstić information content (AvgIpc) is 3.08. The summed E-state index contributed by atoms with van der Waals surface area (Å²) >= 11 is 0. The molecule has 3 aliphatic rings. The Labute approximate surface area is 133 Å². The number of likely N-dealkylation sites (tertiary alicyclic amines) is 1. The summed E-state index contributed by atoms with van der Waals surface area (Å²) in [7, 11) is 0. The Morgan fingerprint density at radius 1 is 1.23 bits per heavy atom. The molecule has 5 nitrogen and oxygen atoms in total. The first-order chi connectivity index (χ1) is 10.6. The normalized spacial score (nSPS) is 29.5. The van der Waals surface area contributed by atoms with E-state index in [-0.39, 0.29) is 18.7 Å². The summed E-state index contributed by atoms with van der Waals surface area (Å²) in [5.41, 5.74) is -0.452. The highest BCUT2D eigenvalue weighted by molar-refractivity contribution is 5.75. The number of nitrogens with zero attached hydrogens (tertiary/aromatic N) is 1. The number of urea groups is 1. The van der Waals surface area contributed by atoms with E-state index in [2.05, 4.69) is 15.5 Å². The molecule has 2 unspecified atom stereocenters. The molecule has 22 heavy (non-hydrogen) atoms. The number of carbonyl (C=O) groups is 1. The number of aliphatic hydroxyl groups is 1. The zero-order valence-corrected chi connectivity index (χ0v) is 13.8. The first-order valence-electron chi connectivity index (χ1n) is 9.01. The Morgan fingerprint density at radius 2 is 1.95 bits per heavy atom. The van der Waals surface area contributed by atoms with Gasteiger partial charge >= 0.3 is 6.03 Å². The lowest BCUT2D eigenvalue weighted by molar-refractivity contribution is 0.154. The maximum Gasteiger partial charge on any atom is 0.315 e. The van der Waals surface area contributed by atoms with Crippen molar-refractivity contribution in [3.8, 4) is 0 Å². The molecule has 5 heteroatoms. The van der Waals surface area contributed by atoms with Gasteiger partial charge in [-0.3, -0.25) is 0 Å². The van der Waals surface area contributed by atoms with Gasteiger partial charge in [0.05, 0.1) is 12.1 Å². The van der Waals surface area contributed by atoms with Crippen molar-refractivity contribution in [1.82, 2.24) is 15.5 Å². The number of nitrogens with one attached hydrogen (secondary N) is 2. The Kier molecular flexibility index (Phi) is 4.93. The van der Waals surface area contributed by atoms with Gasteiger partial charge in [0.1, 0.15) is 0 Å². The smallest absolute Gasteiger partial charge is 0.315 e. The van der Waals surface area contributed by atoms with Crippen LogP contribution in [0.25, 0.3) is 0 Å². The van der Waals surface area contributed by atoms with E-state index in [1.54, 1.807) is 0 Å². The summed E-state index contributed by atoms with van der Waals surface area (Å²) < 4.78 is 0. The third-order valence-corrected chi connectivity index (χ3v) is 5.80. The van der Waals surface area contributed by atoms with Crippen LogP contribution < -0.4 is 10.6 Å². The van der Waals surface area contributed by atoms with Crippen LogP contribution >= 0.6 is 0 Å². The zero-order chi connectivity index (χ0) is 15.6. The number of carbonyl (C=O) groups excluding carboxylic acids is 1. The molecule has 2 atom stereocenters.